The van der Waals surface area contributed by atoms with Crippen LogP contribution in [-0.4, -0.2) is 12.8 Å². The van der Waals surface area contributed by atoms with Gasteiger partial charge in [0.05, 0.1) is 11.4 Å². The van der Waals surface area contributed by atoms with Crippen LogP contribution in [-0.2, 0) is 0 Å². The van der Waals surface area contributed by atoms with Gasteiger partial charge in [-0.15, -0.1) is 0 Å². The van der Waals surface area contributed by atoms with Gasteiger partial charge in [0.15, 0.2) is 0 Å². The highest BCUT2D eigenvalue weighted by Crippen LogP contribution is 2.11. The second-order valence-electron chi connectivity index (χ2n) is 3.79. The van der Waals surface area contributed by atoms with Crippen LogP contribution >= 0.6 is 0 Å². The smallest absolute Gasteiger partial charge is 0.0724 e. The first-order chi connectivity index (χ1) is 5.91. The lowest BCUT2D eigenvalue weighted by atomic mass is 10.00. The molecule has 4 N–H and O–H groups in total. The zero-order valence-electron chi connectivity index (χ0n) is 9.26. The fourth-order valence-corrected chi connectivity index (χ4v) is 1.15. The topological polar surface area (TPSA) is 64.4 Å². The molecule has 0 aromatic rings. The quantitative estimate of drug-likeness (QED) is 0.651. The first-order valence-electron chi connectivity index (χ1n) is 4.63. The molecule has 0 fully saturated rings. The first kappa shape index (κ1) is 12.0. The number of allylic oxidation sites excluding steroid dienone is 2. The summed E-state index contributed by atoms with van der Waals surface area (Å²) in [6.07, 6.45) is 0. The highest BCUT2D eigenvalue weighted by molar-refractivity contribution is 6.01. The van der Waals surface area contributed by atoms with Crippen molar-refractivity contribution in [2.45, 2.75) is 27.7 Å². The van der Waals surface area contributed by atoms with Gasteiger partial charge < -0.3 is 11.5 Å². The van der Waals surface area contributed by atoms with E-state index in [1.54, 1.807) is 7.05 Å². The van der Waals surface area contributed by atoms with Gasteiger partial charge in [0.1, 0.15) is 0 Å². The maximum Gasteiger partial charge on any atom is 0.0724 e. The van der Waals surface area contributed by atoms with E-state index in [1.807, 2.05) is 13.8 Å². The van der Waals surface area contributed by atoms with Crippen LogP contribution in [0.15, 0.2) is 16.4 Å². The van der Waals surface area contributed by atoms with Crippen LogP contribution in [0.1, 0.15) is 27.7 Å². The van der Waals surface area contributed by atoms with E-state index in [0.29, 0.717) is 11.6 Å². The van der Waals surface area contributed by atoms with Gasteiger partial charge in [0.2, 0.25) is 0 Å². The molecule has 0 radical (unpaired) electrons. The number of hydrogen-bond acceptors (Lipinski definition) is 3. The molecule has 0 bridgehead atoms. The Hall–Kier alpha value is -0.990. The van der Waals surface area contributed by atoms with Gasteiger partial charge in [0.25, 0.3) is 0 Å². The van der Waals surface area contributed by atoms with E-state index in [4.69, 9.17) is 11.5 Å². The summed E-state index contributed by atoms with van der Waals surface area (Å²) in [6, 6.07) is 0. The van der Waals surface area contributed by atoms with Gasteiger partial charge in [-0.05, 0) is 11.8 Å². The Morgan fingerprint density at radius 3 is 1.69 bits per heavy atom. The van der Waals surface area contributed by atoms with Crippen LogP contribution in [0, 0.1) is 11.8 Å². The summed E-state index contributed by atoms with van der Waals surface area (Å²) in [7, 11) is 1.75. The molecule has 3 heteroatoms. The van der Waals surface area contributed by atoms with Gasteiger partial charge >= 0.3 is 0 Å². The van der Waals surface area contributed by atoms with Crippen LogP contribution in [0.5, 0.6) is 0 Å². The van der Waals surface area contributed by atoms with Crippen LogP contribution in [0.2, 0.25) is 0 Å². The van der Waals surface area contributed by atoms with Crippen LogP contribution in [0.3, 0.4) is 0 Å². The zero-order chi connectivity index (χ0) is 10.6. The van der Waals surface area contributed by atoms with Crippen molar-refractivity contribution in [2.75, 3.05) is 7.05 Å². The monoisotopic (exact) mass is 183 g/mol. The number of nitrogens with two attached hydrogens (primary N) is 2. The molecule has 0 saturated carbocycles. The van der Waals surface area contributed by atoms with E-state index < -0.39 is 0 Å². The average Bonchev–Trinajstić information content (AvgIpc) is 2.03. The molecule has 76 valence electrons. The third-order valence-corrected chi connectivity index (χ3v) is 2.00. The SMILES string of the molecule is CN=C(C(N)=C(N)C(C)C)C(C)C. The molecule has 0 amide bonds. The molecule has 0 aliphatic rings. The molecular weight excluding hydrogens is 162 g/mol. The third-order valence-electron chi connectivity index (χ3n) is 2.00. The molecule has 0 aromatic heterocycles. The summed E-state index contributed by atoms with van der Waals surface area (Å²) in [4.78, 5) is 4.14. The minimum atomic E-state index is 0.274. The second-order valence-corrected chi connectivity index (χ2v) is 3.79. The minimum Gasteiger partial charge on any atom is -0.400 e. The van der Waals surface area contributed by atoms with E-state index in [1.165, 1.54) is 0 Å². The van der Waals surface area contributed by atoms with Crippen LogP contribution < -0.4 is 11.5 Å². The summed E-state index contributed by atoms with van der Waals surface area (Å²) in [5, 5.41) is 0. The number of hydrogen-bond donors (Lipinski definition) is 2. The Bertz CT molecular complexity index is 224. The van der Waals surface area contributed by atoms with Crippen molar-refractivity contribution in [1.82, 2.24) is 0 Å². The molecule has 0 aliphatic carbocycles. The largest absolute Gasteiger partial charge is 0.400 e. The average molecular weight is 183 g/mol. The summed E-state index contributed by atoms with van der Waals surface area (Å²) >= 11 is 0. The number of rotatable bonds is 3. The van der Waals surface area contributed by atoms with Crippen LogP contribution in [0.25, 0.3) is 0 Å². The molecule has 0 rings (SSSR count). The van der Waals surface area contributed by atoms with Gasteiger partial charge in [-0.25, -0.2) is 0 Å². The first-order valence-corrected chi connectivity index (χ1v) is 4.63. The number of aliphatic imine (C=N–C) groups is 1. The van der Waals surface area contributed by atoms with E-state index in [2.05, 4.69) is 18.8 Å². The lowest BCUT2D eigenvalue weighted by Gasteiger charge is -2.14. The minimum absolute atomic E-state index is 0.274. The molecule has 0 saturated heterocycles. The third kappa shape index (κ3) is 3.09. The van der Waals surface area contributed by atoms with Crippen molar-refractivity contribution in [3.63, 3.8) is 0 Å². The fourth-order valence-electron chi connectivity index (χ4n) is 1.15. The van der Waals surface area contributed by atoms with Gasteiger partial charge in [-0.2, -0.15) is 0 Å². The predicted octanol–water partition coefficient (Wildman–Crippen LogP) is 1.50. The molecule has 0 heterocycles. The van der Waals surface area contributed by atoms with E-state index >= 15 is 0 Å². The van der Waals surface area contributed by atoms with Crippen molar-refractivity contribution >= 4 is 5.71 Å². The van der Waals surface area contributed by atoms with E-state index in [9.17, 15) is 0 Å². The van der Waals surface area contributed by atoms with Crippen molar-refractivity contribution in [3.05, 3.63) is 11.4 Å². The zero-order valence-corrected chi connectivity index (χ0v) is 9.26. The molecular formula is C10H21N3. The lowest BCUT2D eigenvalue weighted by molar-refractivity contribution is 0.744. The predicted molar refractivity (Wildman–Crippen MR) is 58.4 cm³/mol. The van der Waals surface area contributed by atoms with E-state index in [-0.39, 0.29) is 5.92 Å². The lowest BCUT2D eigenvalue weighted by Crippen LogP contribution is -2.24. The summed E-state index contributed by atoms with van der Waals surface area (Å²) in [5.74, 6) is 0.595. The van der Waals surface area contributed by atoms with Gasteiger partial charge in [0, 0.05) is 12.7 Å². The highest BCUT2D eigenvalue weighted by atomic mass is 14.8. The Kier molecular flexibility index (Phi) is 4.52. The van der Waals surface area contributed by atoms with E-state index in [0.717, 1.165) is 11.4 Å². The van der Waals surface area contributed by atoms with Crippen LogP contribution in [0.4, 0.5) is 0 Å². The maximum absolute atomic E-state index is 5.90. The molecule has 0 atom stereocenters. The fraction of sp³-hybridized carbons (Fsp3) is 0.700. The highest BCUT2D eigenvalue weighted by Gasteiger charge is 2.12. The standard InChI is InChI=1S/C10H21N3/c1-6(2)8(11)9(12)10(13-5)7(3)4/h6-7H,11-12H2,1-5H3. The Morgan fingerprint density at radius 2 is 1.46 bits per heavy atom. The Balaban J connectivity index is 4.95. The van der Waals surface area contributed by atoms with Crippen molar-refractivity contribution in [2.24, 2.45) is 28.3 Å². The molecule has 0 aliphatic heterocycles. The molecule has 0 unspecified atom stereocenters. The Labute approximate surface area is 80.9 Å². The van der Waals surface area contributed by atoms with Crippen molar-refractivity contribution in [3.8, 4) is 0 Å². The summed E-state index contributed by atoms with van der Waals surface area (Å²) < 4.78 is 0. The van der Waals surface area contributed by atoms with Gasteiger partial charge in [-0.3, -0.25) is 4.99 Å². The number of nitrogens with zero attached hydrogens (tertiary/aromatic N) is 1. The summed E-state index contributed by atoms with van der Waals surface area (Å²) in [6.45, 7) is 8.16. The molecule has 13 heavy (non-hydrogen) atoms. The Morgan fingerprint density at radius 1 is 1.00 bits per heavy atom. The maximum atomic E-state index is 5.90. The van der Waals surface area contributed by atoms with Crippen molar-refractivity contribution < 1.29 is 0 Å². The molecule has 3 nitrogen and oxygen atoms in total. The molecule has 0 spiro atoms. The normalized spacial score (nSPS) is 15.2. The second kappa shape index (κ2) is 4.90. The molecule has 0 aromatic carbocycles. The summed E-state index contributed by atoms with van der Waals surface area (Å²) in [5.41, 5.74) is 14.0. The van der Waals surface area contributed by atoms with Crippen molar-refractivity contribution in [1.29, 1.82) is 0 Å². The van der Waals surface area contributed by atoms with Gasteiger partial charge in [-0.1, -0.05) is 27.7 Å².